The van der Waals surface area contributed by atoms with Gasteiger partial charge in [0.05, 0.1) is 5.56 Å². The molecule has 18 heavy (non-hydrogen) atoms. The molecule has 0 aromatic carbocycles. The molecule has 5 nitrogen and oxygen atoms in total. The van der Waals surface area contributed by atoms with Crippen molar-refractivity contribution >= 4 is 28.3 Å². The van der Waals surface area contributed by atoms with Gasteiger partial charge in [0.25, 0.3) is 0 Å². The van der Waals surface area contributed by atoms with E-state index in [0.717, 1.165) is 11.3 Å². The van der Waals surface area contributed by atoms with Crippen LogP contribution in [0.15, 0.2) is 6.07 Å². The predicted molar refractivity (Wildman–Crippen MR) is 72.6 cm³/mol. The maximum Gasteiger partial charge on any atom is 0.338 e. The molecule has 0 aliphatic heterocycles. The van der Waals surface area contributed by atoms with Gasteiger partial charge in [-0.3, -0.25) is 5.32 Å². The number of carboxylic acid groups (broad SMARTS) is 1. The third-order valence-electron chi connectivity index (χ3n) is 2.08. The van der Waals surface area contributed by atoms with E-state index >= 15 is 0 Å². The Morgan fingerprint density at radius 3 is 2.44 bits per heavy atom. The van der Waals surface area contributed by atoms with Crippen LogP contribution in [0.4, 0.5) is 9.80 Å². The molecule has 0 atom stereocenters. The number of urea groups is 1. The zero-order valence-electron chi connectivity index (χ0n) is 11.0. The lowest BCUT2D eigenvalue weighted by Gasteiger charge is -2.20. The fourth-order valence-corrected chi connectivity index (χ4v) is 2.33. The van der Waals surface area contributed by atoms with Gasteiger partial charge < -0.3 is 10.4 Å². The molecule has 3 N–H and O–H groups in total. The lowest BCUT2D eigenvalue weighted by atomic mass is 10.1. The zero-order chi connectivity index (χ0) is 13.9. The largest absolute Gasteiger partial charge is 0.478 e. The first kappa shape index (κ1) is 14.5. The molecule has 1 heterocycles. The molecular formula is C12H18N2O3S. The second-order valence-electron chi connectivity index (χ2n) is 4.94. The summed E-state index contributed by atoms with van der Waals surface area (Å²) in [4.78, 5) is 23.7. The van der Waals surface area contributed by atoms with Crippen molar-refractivity contribution in [2.45, 2.75) is 39.7 Å². The summed E-state index contributed by atoms with van der Waals surface area (Å²) in [5.74, 6) is -1.03. The number of carbonyl (C=O) groups excluding carboxylic acids is 1. The van der Waals surface area contributed by atoms with Crippen molar-refractivity contribution in [3.63, 3.8) is 0 Å². The number of aryl methyl sites for hydroxylation is 1. The number of carbonyl (C=O) groups is 2. The van der Waals surface area contributed by atoms with Crippen LogP contribution in [0, 0.1) is 0 Å². The number of hydrogen-bond donors (Lipinski definition) is 3. The number of nitrogens with one attached hydrogen (secondary N) is 2. The number of hydrogen-bond acceptors (Lipinski definition) is 3. The van der Waals surface area contributed by atoms with Gasteiger partial charge in [0.15, 0.2) is 0 Å². The average molecular weight is 270 g/mol. The molecule has 0 saturated heterocycles. The minimum atomic E-state index is -1.03. The SMILES string of the molecule is CCc1cc(C(=O)O)c(NC(=O)NC(C)(C)C)s1. The maximum absolute atomic E-state index is 11.7. The van der Waals surface area contributed by atoms with Crippen molar-refractivity contribution in [3.05, 3.63) is 16.5 Å². The highest BCUT2D eigenvalue weighted by Crippen LogP contribution is 2.28. The van der Waals surface area contributed by atoms with Crippen molar-refractivity contribution in [2.75, 3.05) is 5.32 Å². The Labute approximate surface area is 110 Å². The number of carboxylic acids is 1. The standard InChI is InChI=1S/C12H18N2O3S/c1-5-7-6-8(10(15)16)9(18-7)13-11(17)14-12(2,3)4/h6H,5H2,1-4H3,(H,15,16)(H2,13,14,17). The third kappa shape index (κ3) is 4.03. The van der Waals surface area contributed by atoms with Gasteiger partial charge >= 0.3 is 12.0 Å². The van der Waals surface area contributed by atoms with Crippen LogP contribution in [0.2, 0.25) is 0 Å². The quantitative estimate of drug-likeness (QED) is 0.790. The topological polar surface area (TPSA) is 78.4 Å². The minimum Gasteiger partial charge on any atom is -0.478 e. The van der Waals surface area contributed by atoms with Crippen molar-refractivity contribution in [1.29, 1.82) is 0 Å². The van der Waals surface area contributed by atoms with Gasteiger partial charge in [0, 0.05) is 10.4 Å². The van der Waals surface area contributed by atoms with Crippen LogP contribution in [-0.2, 0) is 6.42 Å². The average Bonchev–Trinajstić information content (AvgIpc) is 2.57. The summed E-state index contributed by atoms with van der Waals surface area (Å²) in [6, 6.07) is 1.20. The van der Waals surface area contributed by atoms with Crippen LogP contribution in [0.25, 0.3) is 0 Å². The van der Waals surface area contributed by atoms with Crippen molar-refractivity contribution in [3.8, 4) is 0 Å². The highest BCUT2D eigenvalue weighted by Gasteiger charge is 2.19. The van der Waals surface area contributed by atoms with E-state index in [1.54, 1.807) is 6.07 Å². The highest BCUT2D eigenvalue weighted by molar-refractivity contribution is 7.16. The van der Waals surface area contributed by atoms with Gasteiger partial charge in [-0.15, -0.1) is 11.3 Å². The summed E-state index contributed by atoms with van der Waals surface area (Å²) >= 11 is 1.29. The third-order valence-corrected chi connectivity index (χ3v) is 3.27. The van der Waals surface area contributed by atoms with E-state index in [0.29, 0.717) is 5.00 Å². The zero-order valence-corrected chi connectivity index (χ0v) is 11.8. The van der Waals surface area contributed by atoms with Crippen molar-refractivity contribution < 1.29 is 14.7 Å². The van der Waals surface area contributed by atoms with E-state index in [2.05, 4.69) is 10.6 Å². The van der Waals surface area contributed by atoms with Crippen molar-refractivity contribution in [2.24, 2.45) is 0 Å². The Morgan fingerprint density at radius 2 is 2.00 bits per heavy atom. The Bertz CT molecular complexity index is 460. The van der Waals surface area contributed by atoms with E-state index in [1.807, 2.05) is 27.7 Å². The lowest BCUT2D eigenvalue weighted by Crippen LogP contribution is -2.43. The summed E-state index contributed by atoms with van der Waals surface area (Å²) in [5.41, 5.74) is -0.223. The van der Waals surface area contributed by atoms with Crippen LogP contribution >= 0.6 is 11.3 Å². The molecule has 0 aliphatic rings. The Morgan fingerprint density at radius 1 is 1.39 bits per heavy atom. The molecule has 0 saturated carbocycles. The molecule has 0 aliphatic carbocycles. The van der Waals surface area contributed by atoms with Gasteiger partial charge in [-0.05, 0) is 33.3 Å². The Hall–Kier alpha value is -1.56. The second kappa shape index (κ2) is 5.39. The molecule has 0 spiro atoms. The molecule has 0 fully saturated rings. The molecule has 0 radical (unpaired) electrons. The minimum absolute atomic E-state index is 0.140. The maximum atomic E-state index is 11.7. The first-order valence-electron chi connectivity index (χ1n) is 5.68. The predicted octanol–water partition coefficient (Wildman–Crippen LogP) is 2.93. The van der Waals surface area contributed by atoms with E-state index in [1.165, 1.54) is 11.3 Å². The van der Waals surface area contributed by atoms with E-state index in [-0.39, 0.29) is 11.1 Å². The molecule has 6 heteroatoms. The van der Waals surface area contributed by atoms with Gasteiger partial charge in [-0.2, -0.15) is 0 Å². The highest BCUT2D eigenvalue weighted by atomic mass is 32.1. The van der Waals surface area contributed by atoms with Crippen LogP contribution in [0.5, 0.6) is 0 Å². The summed E-state index contributed by atoms with van der Waals surface area (Å²) < 4.78 is 0. The number of aromatic carboxylic acids is 1. The van der Waals surface area contributed by atoms with Gasteiger partial charge in [0.2, 0.25) is 0 Å². The Kier molecular flexibility index (Phi) is 4.34. The number of rotatable bonds is 3. The number of thiophene rings is 1. The van der Waals surface area contributed by atoms with Gasteiger partial charge in [0.1, 0.15) is 5.00 Å². The molecule has 1 rings (SSSR count). The summed E-state index contributed by atoms with van der Waals surface area (Å²) in [5, 5.41) is 14.7. The van der Waals surface area contributed by atoms with Gasteiger partial charge in [-0.25, -0.2) is 9.59 Å². The smallest absolute Gasteiger partial charge is 0.338 e. The molecule has 0 unspecified atom stereocenters. The summed E-state index contributed by atoms with van der Waals surface area (Å²) in [6.07, 6.45) is 0.744. The van der Waals surface area contributed by atoms with Crippen LogP contribution < -0.4 is 10.6 Å². The van der Waals surface area contributed by atoms with E-state index in [4.69, 9.17) is 5.11 Å². The van der Waals surface area contributed by atoms with E-state index < -0.39 is 12.0 Å². The fourth-order valence-electron chi connectivity index (χ4n) is 1.34. The fraction of sp³-hybridized carbons (Fsp3) is 0.500. The molecule has 1 aromatic rings. The normalized spacial score (nSPS) is 11.1. The molecule has 100 valence electrons. The van der Waals surface area contributed by atoms with E-state index in [9.17, 15) is 9.59 Å². The second-order valence-corrected chi connectivity index (χ2v) is 6.08. The first-order chi connectivity index (χ1) is 8.23. The summed E-state index contributed by atoms with van der Waals surface area (Å²) in [6.45, 7) is 7.51. The van der Waals surface area contributed by atoms with Gasteiger partial charge in [-0.1, -0.05) is 6.92 Å². The molecule has 0 bridgehead atoms. The number of amides is 2. The van der Waals surface area contributed by atoms with Crippen LogP contribution in [0.3, 0.4) is 0 Å². The lowest BCUT2D eigenvalue weighted by molar-refractivity contribution is 0.0698. The molecule has 2 amide bonds. The summed E-state index contributed by atoms with van der Waals surface area (Å²) in [7, 11) is 0. The first-order valence-corrected chi connectivity index (χ1v) is 6.49. The monoisotopic (exact) mass is 270 g/mol. The Balaban J connectivity index is 2.86. The number of anilines is 1. The van der Waals surface area contributed by atoms with Crippen LogP contribution in [-0.4, -0.2) is 22.6 Å². The molecular weight excluding hydrogens is 252 g/mol. The van der Waals surface area contributed by atoms with Crippen LogP contribution in [0.1, 0.15) is 42.9 Å². The molecule has 1 aromatic heterocycles. The van der Waals surface area contributed by atoms with Crippen molar-refractivity contribution in [1.82, 2.24) is 5.32 Å².